The monoisotopic (exact) mass is 351 g/mol. The lowest BCUT2D eigenvalue weighted by Crippen LogP contribution is -2.19. The van der Waals surface area contributed by atoms with Crippen LogP contribution in [0, 0.1) is 5.82 Å². The molecule has 21 heavy (non-hydrogen) atoms. The van der Waals surface area contributed by atoms with Crippen molar-refractivity contribution in [2.75, 3.05) is 5.32 Å². The molecular weight excluding hydrogens is 341 g/mol. The van der Waals surface area contributed by atoms with E-state index in [1.165, 1.54) is 18.2 Å². The zero-order valence-electron chi connectivity index (χ0n) is 10.7. The van der Waals surface area contributed by atoms with Gasteiger partial charge in [0.1, 0.15) is 5.82 Å². The van der Waals surface area contributed by atoms with Gasteiger partial charge in [-0.15, -0.1) is 0 Å². The van der Waals surface area contributed by atoms with E-state index >= 15 is 0 Å². The Labute approximate surface area is 128 Å². The highest BCUT2D eigenvalue weighted by Gasteiger charge is 2.12. The molecule has 7 heteroatoms. The number of hydrogen-bond acceptors (Lipinski definition) is 3. The molecule has 0 saturated carbocycles. The highest BCUT2D eigenvalue weighted by Crippen LogP contribution is 2.22. The lowest BCUT2D eigenvalue weighted by Gasteiger charge is -2.11. The van der Waals surface area contributed by atoms with Crippen LogP contribution in [0.1, 0.15) is 15.9 Å². The second kappa shape index (κ2) is 6.36. The van der Waals surface area contributed by atoms with E-state index in [0.29, 0.717) is 15.7 Å². The first kappa shape index (κ1) is 15.0. The van der Waals surface area contributed by atoms with Gasteiger partial charge >= 0.3 is 0 Å². The smallest absolute Gasteiger partial charge is 0.255 e. The Morgan fingerprint density at radius 1 is 1.29 bits per heavy atom. The molecule has 2 aromatic carbocycles. The molecule has 2 aromatic rings. The Balaban J connectivity index is 2.35. The molecule has 0 aliphatic heterocycles. The Hall–Kier alpha value is -2.41. The van der Waals surface area contributed by atoms with Crippen molar-refractivity contribution in [3.05, 3.63) is 63.9 Å². The van der Waals surface area contributed by atoms with Crippen molar-refractivity contribution in [2.45, 2.75) is 0 Å². The standard InChI is InChI=1S/C14H11BrFN3O2/c15-9-4-5-11(13(17)19-21)12(7-9)18-14(20)8-2-1-3-10(16)6-8/h1-7,21H,(H2,17,19)(H,18,20). The summed E-state index contributed by atoms with van der Waals surface area (Å²) >= 11 is 3.27. The van der Waals surface area contributed by atoms with E-state index in [1.807, 2.05) is 0 Å². The number of nitrogens with two attached hydrogens (primary N) is 1. The summed E-state index contributed by atoms with van der Waals surface area (Å²) in [5, 5.41) is 14.3. The number of carbonyl (C=O) groups is 1. The highest BCUT2D eigenvalue weighted by atomic mass is 79.9. The topological polar surface area (TPSA) is 87.7 Å². The zero-order chi connectivity index (χ0) is 15.4. The Kier molecular flexibility index (Phi) is 4.54. The van der Waals surface area contributed by atoms with E-state index in [0.717, 1.165) is 6.07 Å². The van der Waals surface area contributed by atoms with Gasteiger partial charge < -0.3 is 16.3 Å². The molecule has 1 amide bonds. The molecule has 0 saturated heterocycles. The number of halogens is 2. The van der Waals surface area contributed by atoms with E-state index in [9.17, 15) is 9.18 Å². The van der Waals surface area contributed by atoms with Crippen molar-refractivity contribution in [3.8, 4) is 0 Å². The first-order valence-corrected chi connectivity index (χ1v) is 6.65. The molecule has 0 aromatic heterocycles. The molecule has 0 aliphatic rings. The van der Waals surface area contributed by atoms with Crippen molar-refractivity contribution in [3.63, 3.8) is 0 Å². The van der Waals surface area contributed by atoms with Gasteiger partial charge in [0, 0.05) is 15.6 Å². The second-order valence-corrected chi connectivity index (χ2v) is 5.06. The third kappa shape index (κ3) is 3.57. The number of nitrogens with zero attached hydrogens (tertiary/aromatic N) is 1. The molecule has 0 aliphatic carbocycles. The second-order valence-electron chi connectivity index (χ2n) is 4.14. The number of carbonyl (C=O) groups excluding carboxylic acids is 1. The maximum atomic E-state index is 13.1. The van der Waals surface area contributed by atoms with Gasteiger partial charge in [0.2, 0.25) is 0 Å². The molecule has 2 rings (SSSR count). The van der Waals surface area contributed by atoms with Crippen LogP contribution in [0.15, 0.2) is 52.1 Å². The number of hydrogen-bond donors (Lipinski definition) is 3. The lowest BCUT2D eigenvalue weighted by molar-refractivity contribution is 0.102. The Morgan fingerprint density at radius 2 is 2.05 bits per heavy atom. The quantitative estimate of drug-likeness (QED) is 0.344. The Bertz CT molecular complexity index is 719. The first-order valence-electron chi connectivity index (χ1n) is 5.85. The van der Waals surface area contributed by atoms with E-state index in [4.69, 9.17) is 10.9 Å². The third-order valence-corrected chi connectivity index (χ3v) is 3.19. The van der Waals surface area contributed by atoms with Crippen LogP contribution in [0.4, 0.5) is 10.1 Å². The fourth-order valence-corrected chi connectivity index (χ4v) is 2.08. The molecule has 5 nitrogen and oxygen atoms in total. The normalized spacial score (nSPS) is 11.2. The number of anilines is 1. The number of oxime groups is 1. The van der Waals surface area contributed by atoms with Gasteiger partial charge in [-0.2, -0.15) is 0 Å². The van der Waals surface area contributed by atoms with Crippen LogP contribution in [0.3, 0.4) is 0 Å². The van der Waals surface area contributed by atoms with Crippen LogP contribution in [0.25, 0.3) is 0 Å². The molecule has 0 atom stereocenters. The maximum absolute atomic E-state index is 13.1. The minimum absolute atomic E-state index is 0.142. The summed E-state index contributed by atoms with van der Waals surface area (Å²) < 4.78 is 13.8. The molecule has 0 bridgehead atoms. The van der Waals surface area contributed by atoms with Gasteiger partial charge in [-0.3, -0.25) is 4.79 Å². The van der Waals surface area contributed by atoms with Crippen molar-refractivity contribution in [2.24, 2.45) is 10.9 Å². The average molecular weight is 352 g/mol. The van der Waals surface area contributed by atoms with Crippen molar-refractivity contribution in [1.29, 1.82) is 0 Å². The summed E-state index contributed by atoms with van der Waals surface area (Å²) in [5.74, 6) is -1.15. The maximum Gasteiger partial charge on any atom is 0.255 e. The van der Waals surface area contributed by atoms with Crippen LogP contribution in [-0.4, -0.2) is 17.0 Å². The van der Waals surface area contributed by atoms with E-state index in [-0.39, 0.29) is 11.4 Å². The number of nitrogens with one attached hydrogen (secondary N) is 1. The number of rotatable bonds is 3. The summed E-state index contributed by atoms with van der Waals surface area (Å²) in [7, 11) is 0. The van der Waals surface area contributed by atoms with Gasteiger partial charge in [-0.25, -0.2) is 4.39 Å². The minimum Gasteiger partial charge on any atom is -0.409 e. The summed E-state index contributed by atoms with van der Waals surface area (Å²) in [6, 6.07) is 10.2. The molecule has 4 N–H and O–H groups in total. The van der Waals surface area contributed by atoms with Gasteiger partial charge in [0.25, 0.3) is 5.91 Å². The van der Waals surface area contributed by atoms with Crippen LogP contribution in [-0.2, 0) is 0 Å². The van der Waals surface area contributed by atoms with E-state index < -0.39 is 11.7 Å². The van der Waals surface area contributed by atoms with Crippen LogP contribution < -0.4 is 11.1 Å². The SMILES string of the molecule is N/C(=N/O)c1ccc(Br)cc1NC(=O)c1cccc(F)c1. The van der Waals surface area contributed by atoms with E-state index in [1.54, 1.807) is 18.2 Å². The third-order valence-electron chi connectivity index (χ3n) is 2.70. The number of amides is 1. The molecule has 108 valence electrons. The summed E-state index contributed by atoms with van der Waals surface area (Å²) in [6.07, 6.45) is 0. The largest absolute Gasteiger partial charge is 0.409 e. The lowest BCUT2D eigenvalue weighted by atomic mass is 10.1. The molecule has 0 heterocycles. The molecule has 0 fully saturated rings. The molecule has 0 radical (unpaired) electrons. The summed E-state index contributed by atoms with van der Waals surface area (Å²) in [6.45, 7) is 0. The predicted octanol–water partition coefficient (Wildman–Crippen LogP) is 2.94. The predicted molar refractivity (Wildman–Crippen MR) is 81.0 cm³/mol. The number of benzene rings is 2. The zero-order valence-corrected chi connectivity index (χ0v) is 12.3. The number of amidine groups is 1. The first-order chi connectivity index (χ1) is 10.0. The minimum atomic E-state index is -0.506. The van der Waals surface area contributed by atoms with Crippen molar-refractivity contribution in [1.82, 2.24) is 0 Å². The summed E-state index contributed by atoms with van der Waals surface area (Å²) in [5.41, 5.74) is 6.42. The van der Waals surface area contributed by atoms with E-state index in [2.05, 4.69) is 26.4 Å². The Morgan fingerprint density at radius 3 is 2.71 bits per heavy atom. The molecule has 0 unspecified atom stereocenters. The van der Waals surface area contributed by atoms with Gasteiger partial charge in [0.15, 0.2) is 5.84 Å². The van der Waals surface area contributed by atoms with Gasteiger partial charge in [-0.1, -0.05) is 27.2 Å². The molecular formula is C14H11BrFN3O2. The van der Waals surface area contributed by atoms with Crippen molar-refractivity contribution >= 4 is 33.4 Å². The summed E-state index contributed by atoms with van der Waals surface area (Å²) in [4.78, 5) is 12.1. The van der Waals surface area contributed by atoms with Crippen LogP contribution >= 0.6 is 15.9 Å². The van der Waals surface area contributed by atoms with Gasteiger partial charge in [-0.05, 0) is 36.4 Å². The average Bonchev–Trinajstić information content (AvgIpc) is 2.46. The van der Waals surface area contributed by atoms with Crippen LogP contribution in [0.5, 0.6) is 0 Å². The molecule has 0 spiro atoms. The van der Waals surface area contributed by atoms with Crippen molar-refractivity contribution < 1.29 is 14.4 Å². The fraction of sp³-hybridized carbons (Fsp3) is 0. The van der Waals surface area contributed by atoms with Crippen LogP contribution in [0.2, 0.25) is 0 Å². The highest BCUT2D eigenvalue weighted by molar-refractivity contribution is 9.10. The fourth-order valence-electron chi connectivity index (χ4n) is 1.72. The van der Waals surface area contributed by atoms with Gasteiger partial charge in [0.05, 0.1) is 5.69 Å².